The van der Waals surface area contributed by atoms with Crippen LogP contribution in [0.4, 0.5) is 10.2 Å². The van der Waals surface area contributed by atoms with Gasteiger partial charge in [-0.15, -0.1) is 0 Å². The Labute approximate surface area is 254 Å². The minimum atomic E-state index is -2.02. The SMILES string of the molecule is CC(C)(C)c1ccc([Si](Oc2c(CO)oc(-n3cnc4c(NC(=O)c5ccccc5)ncnc43)c2F)c2ccccc2)cc1. The maximum atomic E-state index is 16.2. The molecular formula is C33H29FN5O4Si. The minimum absolute atomic E-state index is 0.0317. The van der Waals surface area contributed by atoms with Crippen molar-refractivity contribution in [2.75, 3.05) is 5.32 Å². The van der Waals surface area contributed by atoms with E-state index < -0.39 is 21.5 Å². The molecule has 6 aromatic rings. The zero-order valence-electron chi connectivity index (χ0n) is 24.3. The Kier molecular flexibility index (Phi) is 7.81. The second kappa shape index (κ2) is 11.9. The first-order chi connectivity index (χ1) is 21.2. The maximum absolute atomic E-state index is 16.2. The molecule has 221 valence electrons. The molecule has 11 heteroatoms. The van der Waals surface area contributed by atoms with Gasteiger partial charge >= 0.3 is 9.04 Å². The molecule has 0 aliphatic rings. The Morgan fingerprint density at radius 2 is 1.61 bits per heavy atom. The molecule has 0 atom stereocenters. The molecule has 0 spiro atoms. The quantitative estimate of drug-likeness (QED) is 0.240. The summed E-state index contributed by atoms with van der Waals surface area (Å²) in [5.41, 5.74) is 1.99. The highest BCUT2D eigenvalue weighted by atomic mass is 28.3. The van der Waals surface area contributed by atoms with Gasteiger partial charge in [0.1, 0.15) is 19.3 Å². The van der Waals surface area contributed by atoms with Crippen molar-refractivity contribution in [3.05, 3.63) is 120 Å². The number of carbonyl (C=O) groups is 1. The Morgan fingerprint density at radius 3 is 2.27 bits per heavy atom. The predicted octanol–water partition coefficient (Wildman–Crippen LogP) is 4.77. The number of carbonyl (C=O) groups excluding carboxylic acids is 1. The zero-order valence-corrected chi connectivity index (χ0v) is 25.3. The Bertz CT molecular complexity index is 1920. The van der Waals surface area contributed by atoms with E-state index in [2.05, 4.69) is 53.2 Å². The molecule has 1 amide bonds. The molecule has 0 saturated heterocycles. The molecule has 2 N–H and O–H groups in total. The number of aliphatic hydroxyl groups is 1. The van der Waals surface area contributed by atoms with Gasteiger partial charge in [0, 0.05) is 5.56 Å². The van der Waals surface area contributed by atoms with Crippen LogP contribution in [0.2, 0.25) is 0 Å². The van der Waals surface area contributed by atoms with Crippen molar-refractivity contribution in [3.63, 3.8) is 0 Å². The third-order valence-electron chi connectivity index (χ3n) is 7.08. The summed E-state index contributed by atoms with van der Waals surface area (Å²) < 4.78 is 29.8. The Hall–Kier alpha value is -5.13. The van der Waals surface area contributed by atoms with E-state index in [1.165, 1.54) is 17.2 Å². The molecule has 3 aromatic carbocycles. The fourth-order valence-electron chi connectivity index (χ4n) is 4.73. The second-order valence-electron chi connectivity index (χ2n) is 11.1. The number of amides is 1. The van der Waals surface area contributed by atoms with Crippen LogP contribution in [0.25, 0.3) is 17.0 Å². The van der Waals surface area contributed by atoms with Gasteiger partial charge in [-0.1, -0.05) is 93.6 Å². The number of hydrogen-bond acceptors (Lipinski definition) is 7. The number of fused-ring (bicyclic) bond motifs is 1. The first-order valence-corrected chi connectivity index (χ1v) is 15.3. The summed E-state index contributed by atoms with van der Waals surface area (Å²) in [6.45, 7) is 5.83. The van der Waals surface area contributed by atoms with E-state index in [-0.39, 0.29) is 45.7 Å². The van der Waals surface area contributed by atoms with Gasteiger partial charge < -0.3 is 19.3 Å². The van der Waals surface area contributed by atoms with E-state index in [0.29, 0.717) is 5.56 Å². The fourth-order valence-corrected chi connectivity index (χ4v) is 6.67. The molecule has 9 nitrogen and oxygen atoms in total. The Morgan fingerprint density at radius 1 is 0.955 bits per heavy atom. The summed E-state index contributed by atoms with van der Waals surface area (Å²) in [5, 5.41) is 14.7. The molecule has 0 fully saturated rings. The number of nitrogens with zero attached hydrogens (tertiary/aromatic N) is 4. The van der Waals surface area contributed by atoms with Crippen LogP contribution in [-0.4, -0.2) is 39.6 Å². The van der Waals surface area contributed by atoms with Crippen LogP contribution < -0.4 is 20.1 Å². The van der Waals surface area contributed by atoms with Crippen molar-refractivity contribution in [3.8, 4) is 11.6 Å². The van der Waals surface area contributed by atoms with Crippen molar-refractivity contribution in [2.45, 2.75) is 32.8 Å². The van der Waals surface area contributed by atoms with Crippen molar-refractivity contribution in [1.82, 2.24) is 19.5 Å². The highest BCUT2D eigenvalue weighted by molar-refractivity contribution is 6.80. The number of aliphatic hydroxyl groups excluding tert-OH is 1. The van der Waals surface area contributed by atoms with Gasteiger partial charge in [0.2, 0.25) is 11.7 Å². The monoisotopic (exact) mass is 606 g/mol. The third kappa shape index (κ3) is 5.62. The lowest BCUT2D eigenvalue weighted by Gasteiger charge is -2.21. The summed E-state index contributed by atoms with van der Waals surface area (Å²) in [5.74, 6) is -1.56. The largest absolute Gasteiger partial charge is 0.528 e. The summed E-state index contributed by atoms with van der Waals surface area (Å²) in [7, 11) is -2.02. The van der Waals surface area contributed by atoms with Crippen LogP contribution in [-0.2, 0) is 12.0 Å². The van der Waals surface area contributed by atoms with Gasteiger partial charge in [0.05, 0.1) is 0 Å². The molecule has 6 rings (SSSR count). The molecule has 0 unspecified atom stereocenters. The van der Waals surface area contributed by atoms with Crippen molar-refractivity contribution >= 4 is 42.3 Å². The number of aromatic nitrogens is 4. The van der Waals surface area contributed by atoms with Gasteiger partial charge in [-0.05, 0) is 33.5 Å². The fraction of sp³-hybridized carbons (Fsp3) is 0.152. The Balaban J connectivity index is 1.37. The van der Waals surface area contributed by atoms with Crippen molar-refractivity contribution in [2.24, 2.45) is 0 Å². The van der Waals surface area contributed by atoms with E-state index in [1.54, 1.807) is 24.3 Å². The number of anilines is 1. The topological polar surface area (TPSA) is 115 Å². The standard InChI is InChI=1S/C33H29FN5O4Si/c1-33(2,3)22-14-16-24(17-15-22)44(23-12-8-5-9-13-23)43-28-25(18-40)42-32(26(28)34)39-20-37-27-29(35-19-36-30(27)39)38-31(41)21-10-6-4-7-11-21/h4-17,19-20,40H,18H2,1-3H3,(H,35,36,38,41). The molecule has 1 radical (unpaired) electrons. The molecule has 0 bridgehead atoms. The number of rotatable bonds is 8. The predicted molar refractivity (Wildman–Crippen MR) is 166 cm³/mol. The highest BCUT2D eigenvalue weighted by Gasteiger charge is 2.31. The average molecular weight is 607 g/mol. The lowest BCUT2D eigenvalue weighted by molar-refractivity contribution is 0.102. The summed E-state index contributed by atoms with van der Waals surface area (Å²) in [6.07, 6.45) is 2.56. The lowest BCUT2D eigenvalue weighted by Crippen LogP contribution is -2.47. The van der Waals surface area contributed by atoms with Gasteiger partial charge in [-0.2, -0.15) is 4.39 Å². The van der Waals surface area contributed by atoms with E-state index in [0.717, 1.165) is 15.9 Å². The zero-order chi connectivity index (χ0) is 30.8. The minimum Gasteiger partial charge on any atom is -0.528 e. The molecule has 3 heterocycles. The van der Waals surface area contributed by atoms with E-state index >= 15 is 4.39 Å². The number of halogens is 1. The molecule has 3 aromatic heterocycles. The van der Waals surface area contributed by atoms with Crippen LogP contribution in [0.15, 0.2) is 102 Å². The molecule has 0 aliphatic heterocycles. The molecule has 0 aliphatic carbocycles. The van der Waals surface area contributed by atoms with Crippen LogP contribution in [0, 0.1) is 5.82 Å². The smallest absolute Gasteiger partial charge is 0.353 e. The van der Waals surface area contributed by atoms with Crippen molar-refractivity contribution in [1.29, 1.82) is 0 Å². The number of benzene rings is 3. The number of nitrogens with one attached hydrogen (secondary N) is 1. The summed E-state index contributed by atoms with van der Waals surface area (Å²) >= 11 is 0. The van der Waals surface area contributed by atoms with Gasteiger partial charge in [0.15, 0.2) is 28.5 Å². The van der Waals surface area contributed by atoms with Crippen LogP contribution in [0.5, 0.6) is 5.75 Å². The highest BCUT2D eigenvalue weighted by Crippen LogP contribution is 2.34. The van der Waals surface area contributed by atoms with Gasteiger partial charge in [-0.3, -0.25) is 4.79 Å². The van der Waals surface area contributed by atoms with Crippen LogP contribution >= 0.6 is 0 Å². The van der Waals surface area contributed by atoms with Gasteiger partial charge in [0.25, 0.3) is 5.91 Å². The third-order valence-corrected chi connectivity index (χ3v) is 9.20. The molecule has 44 heavy (non-hydrogen) atoms. The van der Waals surface area contributed by atoms with Crippen LogP contribution in [0.1, 0.15) is 42.5 Å². The number of imidazole rings is 1. The number of hydrogen-bond donors (Lipinski definition) is 2. The number of furan rings is 1. The van der Waals surface area contributed by atoms with E-state index in [1.807, 2.05) is 48.5 Å². The molecular weight excluding hydrogens is 577 g/mol. The lowest BCUT2D eigenvalue weighted by atomic mass is 9.87. The van der Waals surface area contributed by atoms with Crippen molar-refractivity contribution < 1.29 is 23.1 Å². The average Bonchev–Trinajstić information content (AvgIpc) is 3.61. The maximum Gasteiger partial charge on any atom is 0.353 e. The summed E-state index contributed by atoms with van der Waals surface area (Å²) in [4.78, 5) is 25.5. The molecule has 0 saturated carbocycles. The summed E-state index contributed by atoms with van der Waals surface area (Å²) in [6, 6.07) is 26.4. The van der Waals surface area contributed by atoms with E-state index in [4.69, 9.17) is 8.84 Å². The first-order valence-electron chi connectivity index (χ1n) is 13.9. The van der Waals surface area contributed by atoms with E-state index in [9.17, 15) is 9.90 Å². The van der Waals surface area contributed by atoms with Crippen LogP contribution in [0.3, 0.4) is 0 Å². The first kappa shape index (κ1) is 29.0. The van der Waals surface area contributed by atoms with Gasteiger partial charge in [-0.25, -0.2) is 19.5 Å². The second-order valence-corrected chi connectivity index (χ2v) is 13.1. The normalized spacial score (nSPS) is 11.7.